The molecule has 1 aliphatic carbocycles. The molecular weight excluding hydrogens is 184 g/mol. The fourth-order valence-corrected chi connectivity index (χ4v) is 2.43. The Bertz CT molecular complexity index is 367. The van der Waals surface area contributed by atoms with Gasteiger partial charge in [-0.2, -0.15) is 0 Å². The summed E-state index contributed by atoms with van der Waals surface area (Å²) >= 11 is 0. The summed E-state index contributed by atoms with van der Waals surface area (Å²) in [5.41, 5.74) is 10.5. The van der Waals surface area contributed by atoms with Gasteiger partial charge in [-0.25, -0.2) is 0 Å². The normalized spacial score (nSPS) is 24.8. The average Bonchev–Trinajstić information content (AvgIpc) is 2.14. The van der Waals surface area contributed by atoms with E-state index in [-0.39, 0.29) is 5.54 Å². The van der Waals surface area contributed by atoms with E-state index in [1.54, 1.807) is 0 Å². The van der Waals surface area contributed by atoms with Gasteiger partial charge in [0.2, 0.25) is 0 Å². The lowest BCUT2D eigenvalue weighted by Gasteiger charge is -2.33. The van der Waals surface area contributed by atoms with Gasteiger partial charge in [0.25, 0.3) is 0 Å². The first-order valence-corrected chi connectivity index (χ1v) is 5.56. The predicted molar refractivity (Wildman–Crippen MR) is 65.4 cm³/mol. The van der Waals surface area contributed by atoms with Gasteiger partial charge in [0.15, 0.2) is 0 Å². The van der Waals surface area contributed by atoms with Crippen LogP contribution in [0.4, 0.5) is 5.69 Å². The number of hydrogen-bond donors (Lipinski definition) is 1. The zero-order chi connectivity index (χ0) is 11.1. The molecule has 82 valence electrons. The van der Waals surface area contributed by atoms with E-state index in [0.29, 0.717) is 0 Å². The van der Waals surface area contributed by atoms with Crippen molar-refractivity contribution in [3.8, 4) is 0 Å². The van der Waals surface area contributed by atoms with Crippen LogP contribution in [-0.4, -0.2) is 19.6 Å². The Balaban J connectivity index is 2.42. The molecule has 0 saturated carbocycles. The smallest absolute Gasteiger partial charge is 0.0396 e. The largest absolute Gasteiger partial charge is 0.377 e. The molecule has 1 atom stereocenters. The molecule has 0 amide bonds. The maximum absolute atomic E-state index is 6.21. The highest BCUT2D eigenvalue weighted by Gasteiger charge is 2.27. The van der Waals surface area contributed by atoms with Crippen LogP contribution in [0.25, 0.3) is 0 Å². The zero-order valence-corrected chi connectivity index (χ0v) is 9.88. The zero-order valence-electron chi connectivity index (χ0n) is 9.88. The van der Waals surface area contributed by atoms with Crippen molar-refractivity contribution in [1.82, 2.24) is 0 Å². The molecule has 2 nitrogen and oxygen atoms in total. The van der Waals surface area contributed by atoms with Crippen molar-refractivity contribution in [3.05, 3.63) is 29.3 Å². The van der Waals surface area contributed by atoms with Gasteiger partial charge in [-0.3, -0.25) is 0 Å². The van der Waals surface area contributed by atoms with Gasteiger partial charge in [0.1, 0.15) is 0 Å². The predicted octanol–water partition coefficient (Wildman–Crippen LogP) is 1.96. The van der Waals surface area contributed by atoms with Gasteiger partial charge in [-0.15, -0.1) is 0 Å². The van der Waals surface area contributed by atoms with Crippen LogP contribution in [0.1, 0.15) is 24.5 Å². The van der Waals surface area contributed by atoms with Crippen molar-refractivity contribution in [2.75, 3.05) is 19.0 Å². The highest BCUT2D eigenvalue weighted by atomic mass is 15.1. The van der Waals surface area contributed by atoms with Gasteiger partial charge >= 0.3 is 0 Å². The van der Waals surface area contributed by atoms with Crippen LogP contribution < -0.4 is 10.6 Å². The van der Waals surface area contributed by atoms with E-state index in [4.69, 9.17) is 5.73 Å². The first kappa shape index (κ1) is 10.5. The first-order valence-electron chi connectivity index (χ1n) is 5.56. The third-order valence-corrected chi connectivity index (χ3v) is 3.27. The van der Waals surface area contributed by atoms with Crippen molar-refractivity contribution in [2.45, 2.75) is 31.7 Å². The first-order chi connectivity index (χ1) is 6.99. The highest BCUT2D eigenvalue weighted by Crippen LogP contribution is 2.32. The van der Waals surface area contributed by atoms with Crippen LogP contribution in [0.5, 0.6) is 0 Å². The van der Waals surface area contributed by atoms with Gasteiger partial charge in [0.05, 0.1) is 0 Å². The lowest BCUT2D eigenvalue weighted by molar-refractivity contribution is 0.409. The summed E-state index contributed by atoms with van der Waals surface area (Å²) in [7, 11) is 4.21. The van der Waals surface area contributed by atoms with Crippen LogP contribution in [0.3, 0.4) is 0 Å². The number of rotatable bonds is 1. The summed E-state index contributed by atoms with van der Waals surface area (Å²) in [5.74, 6) is 0. The number of benzene rings is 1. The second-order valence-electron chi connectivity index (χ2n) is 5.14. The highest BCUT2D eigenvalue weighted by molar-refractivity contribution is 5.57. The molecule has 1 aromatic rings. The van der Waals surface area contributed by atoms with Crippen LogP contribution in [0.2, 0.25) is 0 Å². The minimum Gasteiger partial charge on any atom is -0.377 e. The Labute approximate surface area is 92.1 Å². The van der Waals surface area contributed by atoms with E-state index >= 15 is 0 Å². The summed E-state index contributed by atoms with van der Waals surface area (Å²) in [4.78, 5) is 2.19. The number of nitrogens with two attached hydrogens (primary N) is 1. The Kier molecular flexibility index (Phi) is 2.47. The molecule has 0 heterocycles. The van der Waals surface area contributed by atoms with Crippen LogP contribution >= 0.6 is 0 Å². The maximum atomic E-state index is 6.21. The van der Waals surface area contributed by atoms with Crippen molar-refractivity contribution >= 4 is 5.69 Å². The molecule has 1 aromatic carbocycles. The molecule has 0 aromatic heterocycles. The summed E-state index contributed by atoms with van der Waals surface area (Å²) in [6, 6.07) is 6.54. The Morgan fingerprint density at radius 1 is 1.33 bits per heavy atom. The van der Waals surface area contributed by atoms with Gasteiger partial charge in [-0.05, 0) is 43.4 Å². The fraction of sp³-hybridized carbons (Fsp3) is 0.538. The monoisotopic (exact) mass is 204 g/mol. The molecule has 0 aliphatic heterocycles. The van der Waals surface area contributed by atoms with Gasteiger partial charge in [0, 0.05) is 25.3 Å². The molecule has 1 aliphatic rings. The second kappa shape index (κ2) is 3.53. The topological polar surface area (TPSA) is 29.3 Å². The van der Waals surface area contributed by atoms with Crippen LogP contribution in [-0.2, 0) is 12.8 Å². The molecule has 0 radical (unpaired) electrons. The minimum atomic E-state index is -0.0159. The quantitative estimate of drug-likeness (QED) is 0.757. The van der Waals surface area contributed by atoms with Gasteiger partial charge < -0.3 is 10.6 Å². The summed E-state index contributed by atoms with van der Waals surface area (Å²) < 4.78 is 0. The second-order valence-corrected chi connectivity index (χ2v) is 5.14. The van der Waals surface area contributed by atoms with Crippen molar-refractivity contribution in [2.24, 2.45) is 5.73 Å². The third kappa shape index (κ3) is 2.00. The molecule has 0 bridgehead atoms. The fourth-order valence-electron chi connectivity index (χ4n) is 2.43. The maximum Gasteiger partial charge on any atom is 0.0396 e. The summed E-state index contributed by atoms with van der Waals surface area (Å²) in [6.45, 7) is 2.15. The number of hydrogen-bond acceptors (Lipinski definition) is 2. The SMILES string of the molecule is CN(C)c1cccc2c1CCC(C)(N)C2. The van der Waals surface area contributed by atoms with Crippen LogP contribution in [0, 0.1) is 0 Å². The standard InChI is InChI=1S/C13H20N2/c1-13(14)8-7-11-10(9-13)5-4-6-12(11)15(2)3/h4-6H,7-9,14H2,1-3H3. The molecular formula is C13H20N2. The average molecular weight is 204 g/mol. The molecule has 1 unspecified atom stereocenters. The number of fused-ring (bicyclic) bond motifs is 1. The molecule has 15 heavy (non-hydrogen) atoms. The third-order valence-electron chi connectivity index (χ3n) is 3.27. The summed E-state index contributed by atoms with van der Waals surface area (Å²) in [5, 5.41) is 0. The van der Waals surface area contributed by atoms with E-state index in [9.17, 15) is 0 Å². The van der Waals surface area contributed by atoms with E-state index in [1.807, 2.05) is 0 Å². The van der Waals surface area contributed by atoms with Crippen molar-refractivity contribution < 1.29 is 0 Å². The number of anilines is 1. The Morgan fingerprint density at radius 2 is 2.07 bits per heavy atom. The summed E-state index contributed by atoms with van der Waals surface area (Å²) in [6.07, 6.45) is 3.20. The van der Waals surface area contributed by atoms with Gasteiger partial charge in [-0.1, -0.05) is 12.1 Å². The minimum absolute atomic E-state index is 0.0159. The van der Waals surface area contributed by atoms with E-state index in [0.717, 1.165) is 19.3 Å². The molecule has 2 rings (SSSR count). The van der Waals surface area contributed by atoms with E-state index < -0.39 is 0 Å². The Morgan fingerprint density at radius 3 is 2.73 bits per heavy atom. The Hall–Kier alpha value is -1.02. The lowest BCUT2D eigenvalue weighted by Crippen LogP contribution is -2.42. The van der Waals surface area contributed by atoms with Crippen LogP contribution in [0.15, 0.2) is 18.2 Å². The van der Waals surface area contributed by atoms with E-state index in [2.05, 4.69) is 44.1 Å². The van der Waals surface area contributed by atoms with Crippen molar-refractivity contribution in [3.63, 3.8) is 0 Å². The molecule has 0 fully saturated rings. The van der Waals surface area contributed by atoms with E-state index in [1.165, 1.54) is 16.8 Å². The lowest BCUT2D eigenvalue weighted by atomic mass is 9.79. The molecule has 0 spiro atoms. The number of nitrogens with zero attached hydrogens (tertiary/aromatic N) is 1. The molecule has 0 saturated heterocycles. The van der Waals surface area contributed by atoms with Crippen molar-refractivity contribution in [1.29, 1.82) is 0 Å². The molecule has 2 N–H and O–H groups in total. The molecule has 2 heteroatoms.